The lowest BCUT2D eigenvalue weighted by molar-refractivity contribution is -0.0713. The Labute approximate surface area is 170 Å². The molecule has 0 heterocycles. The first-order chi connectivity index (χ1) is 13.2. The van der Waals surface area contributed by atoms with E-state index < -0.39 is 18.3 Å². The smallest absolute Gasteiger partial charge is 0.106 e. The highest BCUT2D eigenvalue weighted by Gasteiger charge is 2.50. The molecule has 0 aromatic heterocycles. The van der Waals surface area contributed by atoms with Crippen molar-refractivity contribution in [3.8, 4) is 0 Å². The standard InChI is InChI=1S/C24H40O4/c1-15(6-7-16(2)25)19-10-11-20-18(5-4-12-24(19,20)3)9-8-17-13-21(26)23(28)22(27)14-17/h8-9,15-16,19-23,25-28H,4-7,10-14H2,1-3H3/b17-8?,18-9+/t15-,16?,19-,20+,21?,22?,23?,24-/m1/s1. The van der Waals surface area contributed by atoms with Gasteiger partial charge in [0.25, 0.3) is 0 Å². The van der Waals surface area contributed by atoms with Gasteiger partial charge in [0, 0.05) is 0 Å². The molecule has 0 bridgehead atoms. The molecule has 0 saturated heterocycles. The minimum atomic E-state index is -1.03. The maximum absolute atomic E-state index is 9.94. The van der Waals surface area contributed by atoms with Crippen LogP contribution in [0.2, 0.25) is 0 Å². The van der Waals surface area contributed by atoms with Gasteiger partial charge in [-0.2, -0.15) is 0 Å². The lowest BCUT2D eigenvalue weighted by Gasteiger charge is -2.44. The van der Waals surface area contributed by atoms with E-state index in [0.29, 0.717) is 30.1 Å². The minimum absolute atomic E-state index is 0.208. The summed E-state index contributed by atoms with van der Waals surface area (Å²) in [7, 11) is 0. The van der Waals surface area contributed by atoms with Gasteiger partial charge in [-0.1, -0.05) is 37.1 Å². The molecule has 0 spiro atoms. The van der Waals surface area contributed by atoms with Gasteiger partial charge in [-0.25, -0.2) is 0 Å². The fraction of sp³-hybridized carbons (Fsp3) is 0.833. The molecule has 3 saturated carbocycles. The van der Waals surface area contributed by atoms with Crippen LogP contribution in [0.3, 0.4) is 0 Å². The van der Waals surface area contributed by atoms with Gasteiger partial charge < -0.3 is 20.4 Å². The van der Waals surface area contributed by atoms with E-state index in [1.807, 2.05) is 6.92 Å². The highest BCUT2D eigenvalue weighted by atomic mass is 16.4. The molecule has 3 unspecified atom stereocenters. The second-order valence-corrected chi connectivity index (χ2v) is 10.1. The average molecular weight is 393 g/mol. The van der Waals surface area contributed by atoms with Crippen molar-refractivity contribution in [1.82, 2.24) is 0 Å². The zero-order chi connectivity index (χ0) is 20.5. The van der Waals surface area contributed by atoms with Crippen molar-refractivity contribution in [3.05, 3.63) is 23.3 Å². The molecular weight excluding hydrogens is 352 g/mol. The molecule has 0 amide bonds. The summed E-state index contributed by atoms with van der Waals surface area (Å²) < 4.78 is 0. The molecular formula is C24H40O4. The quantitative estimate of drug-likeness (QED) is 0.575. The fourth-order valence-corrected chi connectivity index (χ4v) is 6.40. The Morgan fingerprint density at radius 3 is 2.36 bits per heavy atom. The van der Waals surface area contributed by atoms with E-state index >= 15 is 0 Å². The number of hydrogen-bond acceptors (Lipinski definition) is 4. The number of fused-ring (bicyclic) bond motifs is 1. The van der Waals surface area contributed by atoms with Crippen LogP contribution < -0.4 is 0 Å². The van der Waals surface area contributed by atoms with Crippen LogP contribution in [-0.2, 0) is 0 Å². The lowest BCUT2D eigenvalue weighted by atomic mass is 9.60. The van der Waals surface area contributed by atoms with E-state index in [1.165, 1.54) is 31.3 Å². The van der Waals surface area contributed by atoms with Crippen molar-refractivity contribution in [2.24, 2.45) is 23.2 Å². The monoisotopic (exact) mass is 392 g/mol. The number of rotatable bonds is 5. The SMILES string of the molecule is CC(O)CC[C@@H](C)[C@H]1CC[C@H]2/C(=C/C=C3CC(O)C(O)C(O)C3)CCC[C@]12C. The Bertz CT molecular complexity index is 581. The fourth-order valence-electron chi connectivity index (χ4n) is 6.40. The topological polar surface area (TPSA) is 80.9 Å². The first kappa shape index (κ1) is 22.0. The molecule has 28 heavy (non-hydrogen) atoms. The predicted octanol–water partition coefficient (Wildman–Crippen LogP) is 3.73. The summed E-state index contributed by atoms with van der Waals surface area (Å²) in [5.74, 6) is 2.00. The summed E-state index contributed by atoms with van der Waals surface area (Å²) in [5.41, 5.74) is 2.91. The summed E-state index contributed by atoms with van der Waals surface area (Å²) in [4.78, 5) is 0. The van der Waals surface area contributed by atoms with Crippen LogP contribution in [0.15, 0.2) is 23.3 Å². The highest BCUT2D eigenvalue weighted by molar-refractivity contribution is 5.26. The summed E-state index contributed by atoms with van der Waals surface area (Å²) in [6.07, 6.45) is 10.5. The third-order valence-electron chi connectivity index (χ3n) is 8.03. The van der Waals surface area contributed by atoms with Crippen LogP contribution in [0.4, 0.5) is 0 Å². The summed E-state index contributed by atoms with van der Waals surface area (Å²) in [6, 6.07) is 0. The Hall–Kier alpha value is -0.680. The number of aliphatic hydroxyl groups is 4. The molecule has 3 aliphatic rings. The lowest BCUT2D eigenvalue weighted by Crippen LogP contribution is -2.41. The maximum atomic E-state index is 9.94. The van der Waals surface area contributed by atoms with Gasteiger partial charge in [0.2, 0.25) is 0 Å². The van der Waals surface area contributed by atoms with E-state index in [9.17, 15) is 20.4 Å². The van der Waals surface area contributed by atoms with Gasteiger partial charge in [0.15, 0.2) is 0 Å². The van der Waals surface area contributed by atoms with Crippen LogP contribution in [-0.4, -0.2) is 44.8 Å². The molecule has 3 rings (SSSR count). The van der Waals surface area contributed by atoms with Crippen molar-refractivity contribution in [2.45, 2.75) is 103 Å². The van der Waals surface area contributed by atoms with E-state index in [-0.39, 0.29) is 6.10 Å². The van der Waals surface area contributed by atoms with Crippen LogP contribution in [0.25, 0.3) is 0 Å². The molecule has 0 aliphatic heterocycles. The predicted molar refractivity (Wildman–Crippen MR) is 112 cm³/mol. The second-order valence-electron chi connectivity index (χ2n) is 10.1. The first-order valence-electron chi connectivity index (χ1n) is 11.3. The normalized spacial score (nSPS) is 42.3. The van der Waals surface area contributed by atoms with Crippen LogP contribution in [0.1, 0.15) is 78.6 Å². The molecule has 0 aromatic carbocycles. The first-order valence-corrected chi connectivity index (χ1v) is 11.3. The van der Waals surface area contributed by atoms with Gasteiger partial charge >= 0.3 is 0 Å². The molecule has 160 valence electrons. The summed E-state index contributed by atoms with van der Waals surface area (Å²) >= 11 is 0. The van der Waals surface area contributed by atoms with E-state index in [0.717, 1.165) is 30.8 Å². The van der Waals surface area contributed by atoms with Gasteiger partial charge in [-0.3, -0.25) is 0 Å². The number of aliphatic hydroxyl groups excluding tert-OH is 4. The van der Waals surface area contributed by atoms with Crippen molar-refractivity contribution in [1.29, 1.82) is 0 Å². The minimum Gasteiger partial charge on any atom is -0.393 e. The zero-order valence-electron chi connectivity index (χ0n) is 17.8. The van der Waals surface area contributed by atoms with Crippen LogP contribution in [0.5, 0.6) is 0 Å². The summed E-state index contributed by atoms with van der Waals surface area (Å²) in [5, 5.41) is 39.3. The largest absolute Gasteiger partial charge is 0.393 e. The van der Waals surface area contributed by atoms with Gasteiger partial charge in [0.05, 0.1) is 18.3 Å². The molecule has 0 radical (unpaired) electrons. The Kier molecular flexibility index (Phi) is 7.07. The highest BCUT2D eigenvalue weighted by Crippen LogP contribution is 2.59. The molecule has 4 N–H and O–H groups in total. The Balaban J connectivity index is 1.71. The zero-order valence-corrected chi connectivity index (χ0v) is 17.8. The van der Waals surface area contributed by atoms with E-state index in [1.54, 1.807) is 0 Å². The van der Waals surface area contributed by atoms with Gasteiger partial charge in [-0.05, 0) is 87.9 Å². The van der Waals surface area contributed by atoms with Gasteiger partial charge in [-0.15, -0.1) is 0 Å². The van der Waals surface area contributed by atoms with Crippen LogP contribution in [0, 0.1) is 23.2 Å². The molecule has 3 fully saturated rings. The van der Waals surface area contributed by atoms with Gasteiger partial charge in [0.1, 0.15) is 6.10 Å². The molecule has 4 nitrogen and oxygen atoms in total. The molecule has 4 heteroatoms. The molecule has 0 aromatic rings. The molecule has 7 atom stereocenters. The van der Waals surface area contributed by atoms with Crippen molar-refractivity contribution < 1.29 is 20.4 Å². The second kappa shape index (κ2) is 8.99. The summed E-state index contributed by atoms with van der Waals surface area (Å²) in [6.45, 7) is 6.74. The maximum Gasteiger partial charge on any atom is 0.106 e. The number of hydrogen-bond donors (Lipinski definition) is 4. The van der Waals surface area contributed by atoms with Crippen molar-refractivity contribution in [3.63, 3.8) is 0 Å². The Morgan fingerprint density at radius 2 is 1.71 bits per heavy atom. The average Bonchev–Trinajstić information content (AvgIpc) is 2.99. The van der Waals surface area contributed by atoms with E-state index in [2.05, 4.69) is 26.0 Å². The van der Waals surface area contributed by atoms with Crippen molar-refractivity contribution in [2.75, 3.05) is 0 Å². The number of allylic oxidation sites excluding steroid dienone is 3. The van der Waals surface area contributed by atoms with Crippen LogP contribution >= 0.6 is 0 Å². The van der Waals surface area contributed by atoms with E-state index in [4.69, 9.17) is 0 Å². The third kappa shape index (κ3) is 4.56. The van der Waals surface area contributed by atoms with Crippen molar-refractivity contribution >= 4 is 0 Å². The molecule has 3 aliphatic carbocycles. The third-order valence-corrected chi connectivity index (χ3v) is 8.03. The Morgan fingerprint density at radius 1 is 1.04 bits per heavy atom.